The van der Waals surface area contributed by atoms with Crippen LogP contribution in [0.15, 0.2) is 29.0 Å². The summed E-state index contributed by atoms with van der Waals surface area (Å²) >= 11 is 0. The standard InChI is InChI=1S/C22H27NO7/c1-16-6-8-19(9-7-16)21(26)29-15-18(5-3-4-17(2)24)14-20(25)30-22(23-27)10-12-28-13-11-22/h6,8-9,16,18H,5,7,10-15H2,1-2H3. The maximum Gasteiger partial charge on any atom is 0.337 e. The molecule has 0 saturated carbocycles. The number of hydrogen-bond donors (Lipinski definition) is 0. The van der Waals surface area contributed by atoms with Crippen molar-refractivity contribution in [2.24, 2.45) is 17.0 Å². The molecule has 0 radical (unpaired) electrons. The normalized spacial score (nSPS) is 20.7. The van der Waals surface area contributed by atoms with Crippen LogP contribution in [0.1, 0.15) is 46.0 Å². The number of carbonyl (C=O) groups excluding carboxylic acids is 3. The zero-order valence-electron chi connectivity index (χ0n) is 17.3. The molecule has 0 aromatic rings. The topological polar surface area (TPSA) is 108 Å². The highest BCUT2D eigenvalue weighted by Crippen LogP contribution is 2.28. The van der Waals surface area contributed by atoms with Crippen LogP contribution in [-0.2, 0) is 28.6 Å². The van der Waals surface area contributed by atoms with Crippen LogP contribution >= 0.6 is 0 Å². The Bertz CT molecular complexity index is 781. The third-order valence-electron chi connectivity index (χ3n) is 4.85. The van der Waals surface area contributed by atoms with Gasteiger partial charge in [-0.2, -0.15) is 0 Å². The average Bonchev–Trinajstić information content (AvgIpc) is 2.72. The zero-order valence-corrected chi connectivity index (χ0v) is 17.3. The quantitative estimate of drug-likeness (QED) is 0.259. The lowest BCUT2D eigenvalue weighted by atomic mass is 9.98. The molecule has 0 amide bonds. The van der Waals surface area contributed by atoms with Crippen molar-refractivity contribution in [1.29, 1.82) is 0 Å². The maximum atomic E-state index is 12.4. The molecule has 8 nitrogen and oxygen atoms in total. The second-order valence-corrected chi connectivity index (χ2v) is 7.59. The fraction of sp³-hybridized carbons (Fsp3) is 0.591. The number of ketones is 1. The summed E-state index contributed by atoms with van der Waals surface area (Å²) in [5, 5.41) is 3.01. The van der Waals surface area contributed by atoms with Gasteiger partial charge in [0.2, 0.25) is 11.5 Å². The molecule has 0 aromatic carbocycles. The van der Waals surface area contributed by atoms with Crippen molar-refractivity contribution in [3.8, 4) is 11.8 Å². The molecule has 1 aliphatic carbocycles. The van der Waals surface area contributed by atoms with Gasteiger partial charge in [0.25, 0.3) is 0 Å². The second-order valence-electron chi connectivity index (χ2n) is 7.59. The van der Waals surface area contributed by atoms with Crippen molar-refractivity contribution in [3.05, 3.63) is 28.7 Å². The lowest BCUT2D eigenvalue weighted by molar-refractivity contribution is -0.170. The molecule has 1 saturated heterocycles. The van der Waals surface area contributed by atoms with E-state index in [1.165, 1.54) is 6.92 Å². The highest BCUT2D eigenvalue weighted by Gasteiger charge is 2.38. The van der Waals surface area contributed by atoms with Gasteiger partial charge in [0.15, 0.2) is 0 Å². The van der Waals surface area contributed by atoms with E-state index in [2.05, 4.69) is 17.0 Å². The van der Waals surface area contributed by atoms with Gasteiger partial charge in [0, 0.05) is 32.1 Å². The van der Waals surface area contributed by atoms with Gasteiger partial charge in [0.05, 0.1) is 31.8 Å². The van der Waals surface area contributed by atoms with Gasteiger partial charge >= 0.3 is 11.9 Å². The number of carbonyl (C=O) groups is 3. The number of Topliss-reactive ketones (excluding diaryl/α,β-unsaturated/α-hetero) is 1. The minimum atomic E-state index is -1.42. The van der Waals surface area contributed by atoms with Gasteiger partial charge in [-0.05, 0) is 23.4 Å². The Balaban J connectivity index is 1.96. The van der Waals surface area contributed by atoms with E-state index in [0.29, 0.717) is 11.5 Å². The largest absolute Gasteiger partial charge is 0.462 e. The Morgan fingerprint density at radius 2 is 2.07 bits per heavy atom. The number of nitrogens with zero attached hydrogens (tertiary/aromatic N) is 1. The fourth-order valence-electron chi connectivity index (χ4n) is 3.06. The van der Waals surface area contributed by atoms with Gasteiger partial charge in [-0.3, -0.25) is 9.59 Å². The summed E-state index contributed by atoms with van der Waals surface area (Å²) in [6.45, 7) is 3.89. The summed E-state index contributed by atoms with van der Waals surface area (Å²) in [6.07, 6.45) is 6.67. The summed E-state index contributed by atoms with van der Waals surface area (Å²) in [4.78, 5) is 47.0. The van der Waals surface area contributed by atoms with Crippen molar-refractivity contribution < 1.29 is 28.6 Å². The SMILES string of the molecule is CC(=O)C#CCC(COC(=O)C1=CCC(C)C=C1)CC(=O)OC1(N=O)CCOCC1. The van der Waals surface area contributed by atoms with E-state index in [1.807, 2.05) is 19.1 Å². The van der Waals surface area contributed by atoms with Crippen LogP contribution in [0.5, 0.6) is 0 Å². The third-order valence-corrected chi connectivity index (χ3v) is 4.85. The summed E-state index contributed by atoms with van der Waals surface area (Å²) < 4.78 is 15.9. The van der Waals surface area contributed by atoms with E-state index in [1.54, 1.807) is 6.08 Å². The lowest BCUT2D eigenvalue weighted by Crippen LogP contribution is -2.39. The first-order valence-electron chi connectivity index (χ1n) is 10.0. The number of esters is 2. The Kier molecular flexibility index (Phi) is 8.93. The van der Waals surface area contributed by atoms with Crippen LogP contribution < -0.4 is 0 Å². The Labute approximate surface area is 176 Å². The highest BCUT2D eigenvalue weighted by atomic mass is 16.6. The number of rotatable bonds is 8. The van der Waals surface area contributed by atoms with E-state index in [-0.39, 0.29) is 51.3 Å². The van der Waals surface area contributed by atoms with Crippen LogP contribution in [0, 0.1) is 28.6 Å². The van der Waals surface area contributed by atoms with Gasteiger partial charge in [0.1, 0.15) is 0 Å². The molecule has 162 valence electrons. The number of nitroso groups, excluding NO2 is 1. The molecule has 2 unspecified atom stereocenters. The van der Waals surface area contributed by atoms with E-state index < -0.39 is 23.6 Å². The summed E-state index contributed by atoms with van der Waals surface area (Å²) in [6, 6.07) is 0. The number of allylic oxidation sites excluding steroid dienone is 2. The minimum absolute atomic E-state index is 0.0636. The molecule has 2 aliphatic rings. The fourth-order valence-corrected chi connectivity index (χ4v) is 3.06. The number of hydrogen-bond acceptors (Lipinski definition) is 8. The van der Waals surface area contributed by atoms with Crippen LogP contribution in [0.2, 0.25) is 0 Å². The molecule has 1 heterocycles. The molecular formula is C22H27NO7. The minimum Gasteiger partial charge on any atom is -0.462 e. The average molecular weight is 417 g/mol. The zero-order chi connectivity index (χ0) is 22.0. The monoisotopic (exact) mass is 417 g/mol. The van der Waals surface area contributed by atoms with Crippen molar-refractivity contribution in [1.82, 2.24) is 0 Å². The first-order valence-corrected chi connectivity index (χ1v) is 10.0. The van der Waals surface area contributed by atoms with Gasteiger partial charge < -0.3 is 14.2 Å². The molecule has 0 bridgehead atoms. The molecule has 1 aliphatic heterocycles. The van der Waals surface area contributed by atoms with Crippen molar-refractivity contribution in [3.63, 3.8) is 0 Å². The maximum absolute atomic E-state index is 12.4. The lowest BCUT2D eigenvalue weighted by Gasteiger charge is -2.30. The smallest absolute Gasteiger partial charge is 0.337 e. The van der Waals surface area contributed by atoms with Gasteiger partial charge in [-0.1, -0.05) is 31.1 Å². The highest BCUT2D eigenvalue weighted by molar-refractivity contribution is 5.93. The molecule has 2 rings (SSSR count). The predicted molar refractivity (Wildman–Crippen MR) is 108 cm³/mol. The van der Waals surface area contributed by atoms with Crippen LogP contribution in [0.25, 0.3) is 0 Å². The molecule has 0 N–H and O–H groups in total. The first kappa shape index (κ1) is 23.5. The third kappa shape index (κ3) is 7.56. The van der Waals surface area contributed by atoms with Crippen LogP contribution in [-0.4, -0.2) is 43.3 Å². The first-order chi connectivity index (χ1) is 14.3. The summed E-state index contributed by atoms with van der Waals surface area (Å²) in [5.74, 6) is 3.59. The predicted octanol–water partition coefficient (Wildman–Crippen LogP) is 2.86. The van der Waals surface area contributed by atoms with E-state index >= 15 is 0 Å². The van der Waals surface area contributed by atoms with E-state index in [4.69, 9.17) is 14.2 Å². The second kappa shape index (κ2) is 11.4. The molecule has 0 aromatic heterocycles. The molecular weight excluding hydrogens is 390 g/mol. The molecule has 1 fully saturated rings. The van der Waals surface area contributed by atoms with Crippen molar-refractivity contribution in [2.45, 2.75) is 51.7 Å². The number of ether oxygens (including phenoxy) is 3. The summed E-state index contributed by atoms with van der Waals surface area (Å²) in [5.41, 5.74) is -0.953. The Morgan fingerprint density at radius 3 is 2.67 bits per heavy atom. The van der Waals surface area contributed by atoms with Crippen molar-refractivity contribution >= 4 is 17.7 Å². The van der Waals surface area contributed by atoms with Crippen LogP contribution in [0.3, 0.4) is 0 Å². The summed E-state index contributed by atoms with van der Waals surface area (Å²) in [7, 11) is 0. The molecule has 2 atom stereocenters. The van der Waals surface area contributed by atoms with Crippen LogP contribution in [0.4, 0.5) is 0 Å². The van der Waals surface area contributed by atoms with Crippen molar-refractivity contribution in [2.75, 3.05) is 19.8 Å². The molecule has 30 heavy (non-hydrogen) atoms. The Morgan fingerprint density at radius 1 is 1.33 bits per heavy atom. The van der Waals surface area contributed by atoms with Gasteiger partial charge in [-0.25, -0.2) is 4.79 Å². The molecule has 8 heteroatoms. The van der Waals surface area contributed by atoms with E-state index in [9.17, 15) is 19.3 Å². The molecule has 0 spiro atoms. The van der Waals surface area contributed by atoms with Gasteiger partial charge in [-0.15, -0.1) is 4.91 Å². The van der Waals surface area contributed by atoms with E-state index in [0.717, 1.165) is 6.42 Å². The Hall–Kier alpha value is -2.79.